The van der Waals surface area contributed by atoms with Gasteiger partial charge < -0.3 is 9.73 Å². The number of rotatable bonds is 4. The molecule has 2 aromatic rings. The maximum absolute atomic E-state index is 11.9. The third-order valence-corrected chi connectivity index (χ3v) is 3.87. The minimum absolute atomic E-state index is 0.228. The summed E-state index contributed by atoms with van der Waals surface area (Å²) in [4.78, 5) is 11.9. The first-order chi connectivity index (χ1) is 10.3. The van der Waals surface area contributed by atoms with Crippen LogP contribution in [-0.4, -0.2) is 15.8 Å². The Morgan fingerprint density at radius 3 is 2.95 bits per heavy atom. The standard InChI is InChI=1S/C15H20N4O2/c20-15(16-10-12-7-9-21-11-12)18-14-6-8-17-19(14)13-4-2-1-3-5-13/h6-9,11,13H,1-5,10H2,(H2,16,18,20). The molecule has 1 aliphatic carbocycles. The highest BCUT2D eigenvalue weighted by Crippen LogP contribution is 2.29. The van der Waals surface area contributed by atoms with Gasteiger partial charge in [-0.25, -0.2) is 9.48 Å². The molecule has 0 aliphatic heterocycles. The zero-order valence-corrected chi connectivity index (χ0v) is 11.9. The van der Waals surface area contributed by atoms with E-state index in [0.29, 0.717) is 12.6 Å². The van der Waals surface area contributed by atoms with Gasteiger partial charge in [0, 0.05) is 18.2 Å². The van der Waals surface area contributed by atoms with Crippen molar-refractivity contribution < 1.29 is 9.21 Å². The Morgan fingerprint density at radius 1 is 1.33 bits per heavy atom. The number of nitrogens with zero attached hydrogens (tertiary/aromatic N) is 2. The van der Waals surface area contributed by atoms with Gasteiger partial charge in [0.2, 0.25) is 0 Å². The molecule has 0 aromatic carbocycles. The van der Waals surface area contributed by atoms with E-state index in [9.17, 15) is 4.79 Å². The van der Waals surface area contributed by atoms with Gasteiger partial charge in [-0.15, -0.1) is 0 Å². The average molecular weight is 288 g/mol. The fourth-order valence-corrected chi connectivity index (χ4v) is 2.77. The lowest BCUT2D eigenvalue weighted by Crippen LogP contribution is -2.29. The van der Waals surface area contributed by atoms with E-state index < -0.39 is 0 Å². The first kappa shape index (κ1) is 13.7. The molecule has 2 aromatic heterocycles. The Kier molecular flexibility index (Phi) is 4.23. The van der Waals surface area contributed by atoms with Crippen molar-refractivity contribution in [1.82, 2.24) is 15.1 Å². The van der Waals surface area contributed by atoms with Gasteiger partial charge in [0.25, 0.3) is 0 Å². The van der Waals surface area contributed by atoms with Crippen LogP contribution < -0.4 is 10.6 Å². The first-order valence-corrected chi connectivity index (χ1v) is 7.42. The highest BCUT2D eigenvalue weighted by Gasteiger charge is 2.19. The zero-order chi connectivity index (χ0) is 14.5. The van der Waals surface area contributed by atoms with Crippen molar-refractivity contribution in [2.24, 2.45) is 0 Å². The van der Waals surface area contributed by atoms with Gasteiger partial charge in [0.15, 0.2) is 0 Å². The third kappa shape index (κ3) is 3.45. The molecule has 2 N–H and O–H groups in total. The minimum atomic E-state index is -0.228. The van der Waals surface area contributed by atoms with Crippen molar-refractivity contribution in [2.45, 2.75) is 44.7 Å². The van der Waals surface area contributed by atoms with E-state index in [-0.39, 0.29) is 6.03 Å². The molecule has 0 radical (unpaired) electrons. The second-order valence-electron chi connectivity index (χ2n) is 5.39. The summed E-state index contributed by atoms with van der Waals surface area (Å²) in [5, 5.41) is 10.0. The largest absolute Gasteiger partial charge is 0.472 e. The Bertz CT molecular complexity index is 570. The fourth-order valence-electron chi connectivity index (χ4n) is 2.77. The second kappa shape index (κ2) is 6.47. The maximum Gasteiger partial charge on any atom is 0.320 e. The summed E-state index contributed by atoms with van der Waals surface area (Å²) < 4.78 is 6.91. The van der Waals surface area contributed by atoms with Crippen LogP contribution in [0.5, 0.6) is 0 Å². The van der Waals surface area contributed by atoms with Gasteiger partial charge in [-0.3, -0.25) is 5.32 Å². The Balaban J connectivity index is 1.57. The smallest absolute Gasteiger partial charge is 0.320 e. The number of furan rings is 1. The summed E-state index contributed by atoms with van der Waals surface area (Å²) in [7, 11) is 0. The van der Waals surface area contributed by atoms with Crippen molar-refractivity contribution in [1.29, 1.82) is 0 Å². The molecule has 0 saturated heterocycles. The number of hydrogen-bond donors (Lipinski definition) is 2. The van der Waals surface area contributed by atoms with E-state index >= 15 is 0 Å². The van der Waals surface area contributed by atoms with Crippen LogP contribution in [0.15, 0.2) is 35.3 Å². The summed E-state index contributed by atoms with van der Waals surface area (Å²) in [6.07, 6.45) is 11.0. The van der Waals surface area contributed by atoms with Crippen molar-refractivity contribution in [3.05, 3.63) is 36.4 Å². The van der Waals surface area contributed by atoms with E-state index in [4.69, 9.17) is 4.42 Å². The van der Waals surface area contributed by atoms with Crippen molar-refractivity contribution in [3.8, 4) is 0 Å². The normalized spacial score (nSPS) is 15.8. The predicted octanol–water partition coefficient (Wildman–Crippen LogP) is 3.30. The van der Waals surface area contributed by atoms with Gasteiger partial charge in [0.05, 0.1) is 24.8 Å². The molecule has 0 atom stereocenters. The highest BCUT2D eigenvalue weighted by molar-refractivity contribution is 5.88. The van der Waals surface area contributed by atoms with Gasteiger partial charge in [0.1, 0.15) is 5.82 Å². The summed E-state index contributed by atoms with van der Waals surface area (Å²) in [6.45, 7) is 0.444. The molecule has 0 bridgehead atoms. The first-order valence-electron chi connectivity index (χ1n) is 7.42. The number of anilines is 1. The van der Waals surface area contributed by atoms with E-state index in [1.165, 1.54) is 19.3 Å². The molecule has 2 amide bonds. The Hall–Kier alpha value is -2.24. The molecule has 21 heavy (non-hydrogen) atoms. The van der Waals surface area contributed by atoms with Crippen LogP contribution in [0.25, 0.3) is 0 Å². The SMILES string of the molecule is O=C(NCc1ccoc1)Nc1ccnn1C1CCCCC1. The van der Waals surface area contributed by atoms with Gasteiger partial charge in [-0.2, -0.15) is 5.10 Å². The monoisotopic (exact) mass is 288 g/mol. The maximum atomic E-state index is 11.9. The molecule has 6 nitrogen and oxygen atoms in total. The second-order valence-corrected chi connectivity index (χ2v) is 5.39. The molecule has 112 valence electrons. The molecule has 1 fully saturated rings. The lowest BCUT2D eigenvalue weighted by molar-refractivity contribution is 0.251. The molecule has 3 rings (SSSR count). The van der Waals surface area contributed by atoms with Crippen molar-refractivity contribution in [2.75, 3.05) is 5.32 Å². The quantitative estimate of drug-likeness (QED) is 0.906. The molecule has 1 saturated carbocycles. The summed E-state index contributed by atoms with van der Waals surface area (Å²) >= 11 is 0. The molecule has 1 aliphatic rings. The van der Waals surface area contributed by atoms with Crippen molar-refractivity contribution in [3.63, 3.8) is 0 Å². The van der Waals surface area contributed by atoms with E-state index in [1.54, 1.807) is 18.7 Å². The van der Waals surface area contributed by atoms with E-state index in [0.717, 1.165) is 24.2 Å². The van der Waals surface area contributed by atoms with Crippen LogP contribution in [-0.2, 0) is 6.54 Å². The molecular formula is C15H20N4O2. The number of amides is 2. The van der Waals surface area contributed by atoms with Crippen LogP contribution in [0.2, 0.25) is 0 Å². The summed E-state index contributed by atoms with van der Waals surface area (Å²) in [6, 6.07) is 3.84. The average Bonchev–Trinajstić information content (AvgIpc) is 3.17. The molecule has 2 heterocycles. The van der Waals surface area contributed by atoms with Gasteiger partial charge >= 0.3 is 6.03 Å². The van der Waals surface area contributed by atoms with E-state index in [1.807, 2.05) is 16.8 Å². The molecule has 0 spiro atoms. The van der Waals surface area contributed by atoms with Crippen LogP contribution in [0.1, 0.15) is 43.7 Å². The third-order valence-electron chi connectivity index (χ3n) is 3.87. The minimum Gasteiger partial charge on any atom is -0.472 e. The van der Waals surface area contributed by atoms with Crippen molar-refractivity contribution >= 4 is 11.8 Å². The summed E-state index contributed by atoms with van der Waals surface area (Å²) in [5.74, 6) is 0.756. The number of carbonyl (C=O) groups excluding carboxylic acids is 1. The predicted molar refractivity (Wildman–Crippen MR) is 78.9 cm³/mol. The summed E-state index contributed by atoms with van der Waals surface area (Å²) in [5.41, 5.74) is 0.936. The highest BCUT2D eigenvalue weighted by atomic mass is 16.3. The number of urea groups is 1. The van der Waals surface area contributed by atoms with Crippen LogP contribution >= 0.6 is 0 Å². The number of hydrogen-bond acceptors (Lipinski definition) is 3. The molecular weight excluding hydrogens is 268 g/mol. The molecule has 0 unspecified atom stereocenters. The number of nitrogens with one attached hydrogen (secondary N) is 2. The van der Waals surface area contributed by atoms with Gasteiger partial charge in [-0.05, 0) is 18.9 Å². The lowest BCUT2D eigenvalue weighted by Gasteiger charge is -2.23. The number of aromatic nitrogens is 2. The van der Waals surface area contributed by atoms with Crippen LogP contribution in [0, 0.1) is 0 Å². The Morgan fingerprint density at radius 2 is 2.19 bits per heavy atom. The van der Waals surface area contributed by atoms with Crippen LogP contribution in [0.4, 0.5) is 10.6 Å². The van der Waals surface area contributed by atoms with Gasteiger partial charge in [-0.1, -0.05) is 19.3 Å². The zero-order valence-electron chi connectivity index (χ0n) is 11.9. The topological polar surface area (TPSA) is 72.1 Å². The lowest BCUT2D eigenvalue weighted by atomic mass is 9.96. The van der Waals surface area contributed by atoms with Crippen LogP contribution in [0.3, 0.4) is 0 Å². The molecule has 6 heteroatoms. The number of carbonyl (C=O) groups is 1. The fraction of sp³-hybridized carbons (Fsp3) is 0.467. The Labute approximate surface area is 123 Å². The van der Waals surface area contributed by atoms with E-state index in [2.05, 4.69) is 15.7 Å².